The number of nitrogens with one attached hydrogen (secondary N) is 1. The summed E-state index contributed by atoms with van der Waals surface area (Å²) in [6.07, 6.45) is 0. The predicted molar refractivity (Wildman–Crippen MR) is 68.7 cm³/mol. The first kappa shape index (κ1) is 13.1. The summed E-state index contributed by atoms with van der Waals surface area (Å²) in [4.78, 5) is 11.9. The summed E-state index contributed by atoms with van der Waals surface area (Å²) in [5, 5.41) is 7.78. The maximum atomic E-state index is 11.9. The minimum Gasteiger partial charge on any atom is -0.461 e. The van der Waals surface area contributed by atoms with E-state index >= 15 is 0 Å². The van der Waals surface area contributed by atoms with E-state index in [0.29, 0.717) is 24.8 Å². The highest BCUT2D eigenvalue weighted by atomic mass is 16.5. The van der Waals surface area contributed by atoms with Gasteiger partial charge in [-0.1, -0.05) is 6.92 Å². The largest absolute Gasteiger partial charge is 0.461 e. The molecule has 0 unspecified atom stereocenters. The van der Waals surface area contributed by atoms with Crippen molar-refractivity contribution in [1.82, 2.24) is 15.1 Å². The number of hydrogen-bond acceptors (Lipinski definition) is 4. The number of fused-ring (bicyclic) bond motifs is 1. The topological polar surface area (TPSA) is 56.1 Å². The van der Waals surface area contributed by atoms with Gasteiger partial charge >= 0.3 is 5.97 Å². The molecular weight excluding hydrogens is 230 g/mol. The van der Waals surface area contributed by atoms with Crippen LogP contribution in [-0.2, 0) is 11.3 Å². The molecule has 0 spiro atoms. The van der Waals surface area contributed by atoms with Crippen LogP contribution in [0.3, 0.4) is 0 Å². The molecule has 100 valence electrons. The van der Waals surface area contributed by atoms with Gasteiger partial charge in [0, 0.05) is 36.3 Å². The minimum atomic E-state index is -0.316. The van der Waals surface area contributed by atoms with Crippen molar-refractivity contribution in [3.05, 3.63) is 17.0 Å². The summed E-state index contributed by atoms with van der Waals surface area (Å²) in [7, 11) is 0. The van der Waals surface area contributed by atoms with Crippen molar-refractivity contribution in [3.8, 4) is 0 Å². The van der Waals surface area contributed by atoms with Gasteiger partial charge in [0.05, 0.1) is 6.61 Å². The number of ether oxygens (including phenoxy) is 1. The Balaban J connectivity index is 2.49. The van der Waals surface area contributed by atoms with Crippen LogP contribution in [0.25, 0.3) is 0 Å². The fourth-order valence-corrected chi connectivity index (χ4v) is 2.45. The van der Waals surface area contributed by atoms with Crippen molar-refractivity contribution in [2.45, 2.75) is 46.2 Å². The van der Waals surface area contributed by atoms with Gasteiger partial charge in [-0.05, 0) is 20.8 Å². The maximum Gasteiger partial charge on any atom is 0.359 e. The Labute approximate surface area is 108 Å². The van der Waals surface area contributed by atoms with E-state index in [2.05, 4.69) is 31.2 Å². The Bertz CT molecular complexity index is 451. The zero-order valence-corrected chi connectivity index (χ0v) is 11.5. The molecule has 5 heteroatoms. The van der Waals surface area contributed by atoms with Crippen LogP contribution in [0.1, 0.15) is 61.4 Å². The summed E-state index contributed by atoms with van der Waals surface area (Å²) in [6.45, 7) is 10.1. The highest BCUT2D eigenvalue weighted by molar-refractivity contribution is 5.89. The van der Waals surface area contributed by atoms with Crippen LogP contribution in [0, 0.1) is 0 Å². The number of nitrogens with zero attached hydrogens (tertiary/aromatic N) is 2. The summed E-state index contributed by atoms with van der Waals surface area (Å²) in [5.74, 6) is 0.0517. The summed E-state index contributed by atoms with van der Waals surface area (Å²) in [6, 6.07) is 0.252. The highest BCUT2D eigenvalue weighted by Crippen LogP contribution is 2.29. The molecule has 0 saturated carbocycles. The summed E-state index contributed by atoms with van der Waals surface area (Å²) >= 11 is 0. The molecule has 5 nitrogen and oxygen atoms in total. The third-order valence-electron chi connectivity index (χ3n) is 3.23. The zero-order valence-electron chi connectivity index (χ0n) is 11.5. The van der Waals surface area contributed by atoms with Crippen molar-refractivity contribution < 1.29 is 9.53 Å². The number of aromatic nitrogens is 2. The van der Waals surface area contributed by atoms with Gasteiger partial charge in [0.1, 0.15) is 0 Å². The quantitative estimate of drug-likeness (QED) is 0.833. The molecule has 1 aromatic rings. The van der Waals surface area contributed by atoms with Gasteiger partial charge in [0.25, 0.3) is 0 Å². The van der Waals surface area contributed by atoms with E-state index in [1.54, 1.807) is 0 Å². The van der Waals surface area contributed by atoms with Crippen LogP contribution in [0.2, 0.25) is 0 Å². The molecule has 2 heterocycles. The Kier molecular flexibility index (Phi) is 3.71. The third-order valence-corrected chi connectivity index (χ3v) is 3.23. The Morgan fingerprint density at radius 2 is 2.33 bits per heavy atom. The second-order valence-corrected chi connectivity index (χ2v) is 5.00. The lowest BCUT2D eigenvalue weighted by atomic mass is 9.97. The second kappa shape index (κ2) is 5.10. The molecule has 0 aliphatic carbocycles. The molecule has 0 fully saturated rings. The standard InChI is InChI=1S/C13H21N3O2/c1-5-18-13(17)11-10-7-14-6-9(4)12(10)16(15-11)8(2)3/h8-9,14H,5-7H2,1-4H3/t9-/m0/s1. The molecule has 1 N–H and O–H groups in total. The molecule has 1 aromatic heterocycles. The number of rotatable bonds is 3. The first-order chi connectivity index (χ1) is 8.56. The van der Waals surface area contributed by atoms with Crippen LogP contribution in [-0.4, -0.2) is 28.9 Å². The molecule has 18 heavy (non-hydrogen) atoms. The predicted octanol–water partition coefficient (Wildman–Crippen LogP) is 1.85. The SMILES string of the molecule is CCOC(=O)c1nn(C(C)C)c2c1CNC[C@@H]2C. The Morgan fingerprint density at radius 3 is 2.94 bits per heavy atom. The monoisotopic (exact) mass is 251 g/mol. The maximum absolute atomic E-state index is 11.9. The van der Waals surface area contributed by atoms with Crippen LogP contribution < -0.4 is 5.32 Å². The van der Waals surface area contributed by atoms with Crippen molar-refractivity contribution in [2.75, 3.05) is 13.2 Å². The van der Waals surface area contributed by atoms with Crippen LogP contribution >= 0.6 is 0 Å². The number of hydrogen-bond donors (Lipinski definition) is 1. The van der Waals surface area contributed by atoms with E-state index in [1.165, 1.54) is 5.69 Å². The van der Waals surface area contributed by atoms with Crippen molar-refractivity contribution in [3.63, 3.8) is 0 Å². The van der Waals surface area contributed by atoms with Crippen LogP contribution in [0.5, 0.6) is 0 Å². The third kappa shape index (κ3) is 2.14. The molecule has 0 saturated heterocycles. The summed E-state index contributed by atoms with van der Waals surface area (Å²) in [5.41, 5.74) is 2.65. The fraction of sp³-hybridized carbons (Fsp3) is 0.692. The molecule has 0 bridgehead atoms. The normalized spacial score (nSPS) is 18.8. The highest BCUT2D eigenvalue weighted by Gasteiger charge is 2.29. The molecule has 0 aromatic carbocycles. The van der Waals surface area contributed by atoms with Crippen molar-refractivity contribution >= 4 is 5.97 Å². The van der Waals surface area contributed by atoms with E-state index in [0.717, 1.165) is 12.1 Å². The average Bonchev–Trinajstić information content (AvgIpc) is 2.70. The van der Waals surface area contributed by atoms with Crippen molar-refractivity contribution in [2.24, 2.45) is 0 Å². The van der Waals surface area contributed by atoms with E-state index < -0.39 is 0 Å². The van der Waals surface area contributed by atoms with Gasteiger partial charge in [-0.3, -0.25) is 4.68 Å². The Morgan fingerprint density at radius 1 is 1.61 bits per heavy atom. The lowest BCUT2D eigenvalue weighted by Gasteiger charge is -2.23. The van der Waals surface area contributed by atoms with E-state index in [-0.39, 0.29) is 12.0 Å². The molecule has 0 amide bonds. The van der Waals surface area contributed by atoms with E-state index in [4.69, 9.17) is 4.74 Å². The number of carbonyl (C=O) groups excluding carboxylic acids is 1. The molecule has 1 aliphatic heterocycles. The average molecular weight is 251 g/mol. The Hall–Kier alpha value is -1.36. The van der Waals surface area contributed by atoms with Crippen LogP contribution in [0.4, 0.5) is 0 Å². The fourth-order valence-electron chi connectivity index (χ4n) is 2.45. The molecule has 2 rings (SSSR count). The van der Waals surface area contributed by atoms with Gasteiger partial charge in [-0.2, -0.15) is 5.10 Å². The zero-order chi connectivity index (χ0) is 13.3. The molecule has 0 radical (unpaired) electrons. The van der Waals surface area contributed by atoms with Gasteiger partial charge < -0.3 is 10.1 Å². The minimum absolute atomic E-state index is 0.252. The lowest BCUT2D eigenvalue weighted by molar-refractivity contribution is 0.0517. The van der Waals surface area contributed by atoms with E-state index in [9.17, 15) is 4.79 Å². The smallest absolute Gasteiger partial charge is 0.359 e. The lowest BCUT2D eigenvalue weighted by Crippen LogP contribution is -2.29. The molecule has 1 atom stereocenters. The van der Waals surface area contributed by atoms with Gasteiger partial charge in [0.15, 0.2) is 5.69 Å². The first-order valence-electron chi connectivity index (χ1n) is 6.55. The van der Waals surface area contributed by atoms with Gasteiger partial charge in [0.2, 0.25) is 0 Å². The molecular formula is C13H21N3O2. The van der Waals surface area contributed by atoms with E-state index in [1.807, 2.05) is 11.6 Å². The molecule has 1 aliphatic rings. The second-order valence-electron chi connectivity index (χ2n) is 5.00. The van der Waals surface area contributed by atoms with Gasteiger partial charge in [-0.15, -0.1) is 0 Å². The first-order valence-corrected chi connectivity index (χ1v) is 6.55. The van der Waals surface area contributed by atoms with Gasteiger partial charge in [-0.25, -0.2) is 4.79 Å². The van der Waals surface area contributed by atoms with Crippen LogP contribution in [0.15, 0.2) is 0 Å². The number of esters is 1. The number of carbonyl (C=O) groups is 1. The summed E-state index contributed by atoms with van der Waals surface area (Å²) < 4.78 is 7.05. The van der Waals surface area contributed by atoms with Crippen molar-refractivity contribution in [1.29, 1.82) is 0 Å².